The van der Waals surface area contributed by atoms with Crippen molar-refractivity contribution in [3.8, 4) is 5.75 Å². The molecule has 5 nitrogen and oxygen atoms in total. The first-order chi connectivity index (χ1) is 11.1. The van der Waals surface area contributed by atoms with Crippen LogP contribution in [0.3, 0.4) is 0 Å². The number of nitrogens with one attached hydrogen (secondary N) is 1. The lowest BCUT2D eigenvalue weighted by Gasteiger charge is -2.00. The van der Waals surface area contributed by atoms with Gasteiger partial charge < -0.3 is 15.3 Å². The lowest BCUT2D eigenvalue weighted by atomic mass is 10.1. The monoisotopic (exact) mass is 318 g/mol. The molecule has 5 heteroatoms. The van der Waals surface area contributed by atoms with Crippen molar-refractivity contribution in [3.05, 3.63) is 59.7 Å². The second-order valence-electron chi connectivity index (χ2n) is 3.84. The van der Waals surface area contributed by atoms with E-state index >= 15 is 0 Å². The maximum absolute atomic E-state index is 11.0. The van der Waals surface area contributed by atoms with Gasteiger partial charge in [0.15, 0.2) is 5.75 Å². The van der Waals surface area contributed by atoms with Crippen LogP contribution in [0.25, 0.3) is 0 Å². The van der Waals surface area contributed by atoms with Crippen LogP contribution in [0.15, 0.2) is 48.5 Å². The fourth-order valence-electron chi connectivity index (χ4n) is 1.65. The zero-order chi connectivity index (χ0) is 17.8. The predicted octanol–water partition coefficient (Wildman–Crippen LogP) is 2.86. The molecule has 0 aliphatic heterocycles. The first kappa shape index (κ1) is 20.2. The van der Waals surface area contributed by atoms with Crippen LogP contribution in [0.1, 0.15) is 43.6 Å². The topological polar surface area (TPSA) is 91.7 Å². The quantitative estimate of drug-likeness (QED) is 0.398. The maximum atomic E-state index is 11.0. The average Bonchev–Trinajstić information content (AvgIpc) is 2.60. The summed E-state index contributed by atoms with van der Waals surface area (Å²) >= 11 is 0. The molecule has 2 rings (SSSR count). The number of hydrogen-bond acceptors (Lipinski definition) is 2. The number of rotatable bonds is 3. The van der Waals surface area contributed by atoms with Crippen LogP contribution < -0.4 is 4.99 Å². The summed E-state index contributed by atoms with van der Waals surface area (Å²) in [5.41, 5.74) is 0.418. The molecule has 4 N–H and O–H groups in total. The van der Waals surface area contributed by atoms with Crippen molar-refractivity contribution in [1.29, 1.82) is 0 Å². The minimum absolute atomic E-state index is 0.0251. The van der Waals surface area contributed by atoms with Crippen molar-refractivity contribution in [2.45, 2.75) is 27.7 Å². The van der Waals surface area contributed by atoms with Gasteiger partial charge in [-0.3, -0.25) is 0 Å². The van der Waals surface area contributed by atoms with Gasteiger partial charge in [0.1, 0.15) is 5.56 Å². The first-order valence-electron chi connectivity index (χ1n) is 7.53. The number of carbonyl (C=O) groups is 1. The number of aromatic hydroxyl groups is 1. The van der Waals surface area contributed by atoms with Crippen molar-refractivity contribution in [2.75, 3.05) is 0 Å². The van der Waals surface area contributed by atoms with Crippen molar-refractivity contribution in [2.24, 2.45) is 0 Å². The Bertz CT molecular complexity index is 651. The molecule has 0 atom stereocenters. The van der Waals surface area contributed by atoms with Crippen LogP contribution in [-0.2, 0) is 0 Å². The molecular weight excluding hydrogens is 294 g/mol. The molecule has 0 heterocycles. The first-order valence-corrected chi connectivity index (χ1v) is 7.53. The highest BCUT2D eigenvalue weighted by atomic mass is 16.4. The number of carboxylic acid groups (broad SMARTS) is 1. The Labute approximate surface area is 136 Å². The summed E-state index contributed by atoms with van der Waals surface area (Å²) in [6.07, 6.45) is 0. The number of para-hydroxylation sites is 2. The third-order valence-electron chi connectivity index (χ3n) is 2.57. The smallest absolute Gasteiger partial charge is 0.372 e. The van der Waals surface area contributed by atoms with Crippen molar-refractivity contribution < 1.29 is 25.1 Å². The van der Waals surface area contributed by atoms with E-state index in [9.17, 15) is 15.0 Å². The van der Waals surface area contributed by atoms with E-state index < -0.39 is 5.97 Å². The number of phenolic OH excluding ortho intramolecular Hbond substituents is 1. The summed E-state index contributed by atoms with van der Waals surface area (Å²) in [4.78, 5) is 13.6. The predicted molar refractivity (Wildman–Crippen MR) is 91.6 cm³/mol. The molecule has 0 unspecified atom stereocenters. The minimum atomic E-state index is -1.14. The molecule has 0 aromatic heterocycles. The Morgan fingerprint density at radius 3 is 1.83 bits per heavy atom. The summed E-state index contributed by atoms with van der Waals surface area (Å²) < 4.78 is 0. The van der Waals surface area contributed by atoms with Crippen LogP contribution in [0.5, 0.6) is 5.75 Å². The number of benzene rings is 2. The summed E-state index contributed by atoms with van der Waals surface area (Å²) in [7, 11) is 0. The summed E-state index contributed by atoms with van der Waals surface area (Å²) in [6, 6.07) is 12.4. The van der Waals surface area contributed by atoms with Gasteiger partial charge in [-0.15, -0.1) is 0 Å². The molecule has 124 valence electrons. The van der Waals surface area contributed by atoms with E-state index in [0.29, 0.717) is 5.69 Å². The van der Waals surface area contributed by atoms with Gasteiger partial charge in [0.05, 0.1) is 5.56 Å². The zero-order valence-corrected chi connectivity index (χ0v) is 13.9. The average molecular weight is 318 g/mol. The number of aliphatic hydroxyl groups is 1. The van der Waals surface area contributed by atoms with Crippen molar-refractivity contribution in [3.63, 3.8) is 0 Å². The molecule has 0 fully saturated rings. The maximum Gasteiger partial charge on any atom is 0.372 e. The highest BCUT2D eigenvalue weighted by Gasteiger charge is 2.18. The molecule has 0 aliphatic rings. The van der Waals surface area contributed by atoms with E-state index in [-0.39, 0.29) is 22.8 Å². The van der Waals surface area contributed by atoms with Crippen LogP contribution in [0.4, 0.5) is 5.69 Å². The molecule has 2 aromatic rings. The second kappa shape index (κ2) is 10.8. The highest BCUT2D eigenvalue weighted by molar-refractivity contribution is 6.01. The standard InChI is InChI=1S/C14H11NO4.2C2H6/c16-12-8-4-3-7-11(12)15-13(17)9-5-1-2-6-10(9)14(18)19;2*1-2/h1-8,16H,(H,15,17)(H,18,19);2*1-2H3/p+1. The highest BCUT2D eigenvalue weighted by Crippen LogP contribution is 2.15. The molecule has 2 aromatic carbocycles. The molecule has 0 bridgehead atoms. The van der Waals surface area contributed by atoms with Crippen LogP contribution in [0.2, 0.25) is 0 Å². The molecule has 0 aliphatic carbocycles. The number of phenols is 1. The Balaban J connectivity index is 0.00000112. The van der Waals surface area contributed by atoms with E-state index in [2.05, 4.69) is 4.99 Å². The number of aromatic carboxylic acids is 1. The molecule has 0 saturated carbocycles. The number of aliphatic hydroxyl groups excluding tert-OH is 1. The SMILES string of the molecule is CC.CC.O=C(O)c1ccccc1C(O)=[NH+]c1ccccc1O. The lowest BCUT2D eigenvalue weighted by Crippen LogP contribution is -2.66. The van der Waals surface area contributed by atoms with Crippen LogP contribution >= 0.6 is 0 Å². The van der Waals surface area contributed by atoms with E-state index in [1.54, 1.807) is 30.3 Å². The third kappa shape index (κ3) is 5.82. The van der Waals surface area contributed by atoms with E-state index in [0.717, 1.165) is 0 Å². The van der Waals surface area contributed by atoms with Gasteiger partial charge in [-0.2, -0.15) is 4.99 Å². The fraction of sp³-hybridized carbons (Fsp3) is 0.222. The Hall–Kier alpha value is -2.82. The van der Waals surface area contributed by atoms with Crippen LogP contribution in [-0.4, -0.2) is 27.2 Å². The van der Waals surface area contributed by atoms with Gasteiger partial charge in [0, 0.05) is 6.07 Å². The van der Waals surface area contributed by atoms with E-state index in [1.165, 1.54) is 18.2 Å². The summed E-state index contributed by atoms with van der Waals surface area (Å²) in [5.74, 6) is -1.51. The largest absolute Gasteiger partial charge is 0.502 e. The Morgan fingerprint density at radius 2 is 1.30 bits per heavy atom. The van der Waals surface area contributed by atoms with E-state index in [1.807, 2.05) is 27.7 Å². The van der Waals surface area contributed by atoms with Gasteiger partial charge >= 0.3 is 11.9 Å². The van der Waals surface area contributed by atoms with Crippen molar-refractivity contribution in [1.82, 2.24) is 0 Å². The van der Waals surface area contributed by atoms with Gasteiger partial charge in [0.25, 0.3) is 0 Å². The number of carboxylic acids is 1. The minimum Gasteiger partial charge on any atom is -0.502 e. The summed E-state index contributed by atoms with van der Waals surface area (Å²) in [5, 5.41) is 28.6. The Morgan fingerprint density at radius 1 is 0.826 bits per heavy atom. The molecule has 0 amide bonds. The van der Waals surface area contributed by atoms with Gasteiger partial charge in [0.2, 0.25) is 5.69 Å². The Kier molecular flexibility index (Phi) is 9.51. The van der Waals surface area contributed by atoms with Crippen molar-refractivity contribution >= 4 is 17.6 Å². The second-order valence-corrected chi connectivity index (χ2v) is 3.84. The van der Waals surface area contributed by atoms with Gasteiger partial charge in [-0.05, 0) is 18.2 Å². The third-order valence-corrected chi connectivity index (χ3v) is 2.57. The van der Waals surface area contributed by atoms with Gasteiger partial charge in [-0.25, -0.2) is 4.79 Å². The molecular formula is C18H24NO4+. The summed E-state index contributed by atoms with van der Waals surface area (Å²) in [6.45, 7) is 8.00. The van der Waals surface area contributed by atoms with Crippen LogP contribution in [0, 0.1) is 0 Å². The normalized spacial score (nSPS) is 9.83. The zero-order valence-electron chi connectivity index (χ0n) is 13.9. The molecule has 23 heavy (non-hydrogen) atoms. The number of hydrogen-bond donors (Lipinski definition) is 4. The lowest BCUT2D eigenvalue weighted by molar-refractivity contribution is -0.365. The fourth-order valence-corrected chi connectivity index (χ4v) is 1.65. The molecule has 0 radical (unpaired) electrons. The van der Waals surface area contributed by atoms with Gasteiger partial charge in [-0.1, -0.05) is 52.0 Å². The molecule has 0 saturated heterocycles. The van der Waals surface area contributed by atoms with E-state index in [4.69, 9.17) is 5.11 Å². The molecule has 0 spiro atoms.